The molecule has 0 amide bonds. The lowest BCUT2D eigenvalue weighted by Crippen LogP contribution is -2.04. The fourth-order valence-electron chi connectivity index (χ4n) is 2.04. The quantitative estimate of drug-likeness (QED) is 0.739. The molecule has 0 spiro atoms. The van der Waals surface area contributed by atoms with Gasteiger partial charge >= 0.3 is 0 Å². The Morgan fingerprint density at radius 3 is 2.86 bits per heavy atom. The summed E-state index contributed by atoms with van der Waals surface area (Å²) in [4.78, 5) is 0. The van der Waals surface area contributed by atoms with Crippen LogP contribution in [0.15, 0.2) is 36.4 Å². The minimum absolute atomic E-state index is 0.00571. The number of nitrogens with zero attached hydrogens (tertiary/aromatic N) is 4. The Hall–Kier alpha value is -2.47. The van der Waals surface area contributed by atoms with Gasteiger partial charge in [-0.25, -0.2) is 4.39 Å². The number of anilines is 1. The molecule has 106 valence electrons. The van der Waals surface area contributed by atoms with Crippen LogP contribution in [0.5, 0.6) is 0 Å². The second kappa shape index (κ2) is 5.14. The number of aromatic nitrogens is 4. The first-order valence-corrected chi connectivity index (χ1v) is 6.55. The number of aryl methyl sites for hydroxylation is 1. The first kappa shape index (κ1) is 13.5. The molecule has 0 aliphatic rings. The Bertz CT molecular complexity index is 798. The van der Waals surface area contributed by atoms with Crippen LogP contribution in [0, 0.1) is 12.7 Å². The minimum atomic E-state index is -0.584. The van der Waals surface area contributed by atoms with Gasteiger partial charge in [-0.05, 0) is 41.6 Å². The van der Waals surface area contributed by atoms with Gasteiger partial charge in [-0.2, -0.15) is 4.68 Å². The predicted molar refractivity (Wildman–Crippen MR) is 78.7 cm³/mol. The summed E-state index contributed by atoms with van der Waals surface area (Å²) in [7, 11) is 0. The van der Waals surface area contributed by atoms with Crippen LogP contribution in [0.1, 0.15) is 5.56 Å². The van der Waals surface area contributed by atoms with E-state index in [2.05, 4.69) is 15.5 Å². The molecule has 0 radical (unpaired) electrons. The molecule has 3 rings (SSSR count). The first-order valence-electron chi connectivity index (χ1n) is 6.17. The zero-order chi connectivity index (χ0) is 15.0. The standard InChI is InChI=1S/C14H11ClFN5/c1-8-5-6-11(17)9(7-8)14-18-19-20-21(14)12-4-2-3-10(15)13(12)16/h2-7H,17H2,1H3. The highest BCUT2D eigenvalue weighted by molar-refractivity contribution is 6.30. The normalized spacial score (nSPS) is 10.8. The molecule has 1 heterocycles. The highest BCUT2D eigenvalue weighted by atomic mass is 35.5. The average Bonchev–Trinajstić information content (AvgIpc) is 2.93. The van der Waals surface area contributed by atoms with E-state index >= 15 is 0 Å². The molecule has 2 aromatic carbocycles. The number of nitrogen functional groups attached to an aromatic ring is 1. The smallest absolute Gasteiger partial charge is 0.189 e. The van der Waals surface area contributed by atoms with Crippen molar-refractivity contribution in [2.45, 2.75) is 6.92 Å². The number of benzene rings is 2. The number of nitrogens with two attached hydrogens (primary N) is 1. The van der Waals surface area contributed by atoms with E-state index in [1.54, 1.807) is 18.2 Å². The van der Waals surface area contributed by atoms with Crippen LogP contribution < -0.4 is 5.73 Å². The van der Waals surface area contributed by atoms with Crippen LogP contribution in [-0.4, -0.2) is 20.2 Å². The summed E-state index contributed by atoms with van der Waals surface area (Å²) >= 11 is 5.80. The monoisotopic (exact) mass is 303 g/mol. The molecule has 0 fully saturated rings. The predicted octanol–water partition coefficient (Wildman–Crippen LogP) is 3.01. The molecule has 3 aromatic rings. The molecule has 2 N–H and O–H groups in total. The van der Waals surface area contributed by atoms with E-state index < -0.39 is 5.82 Å². The largest absolute Gasteiger partial charge is 0.398 e. The Morgan fingerprint density at radius 1 is 1.24 bits per heavy atom. The highest BCUT2D eigenvalue weighted by Crippen LogP contribution is 2.28. The SMILES string of the molecule is Cc1ccc(N)c(-c2nnnn2-c2cccc(Cl)c2F)c1. The molecule has 0 unspecified atom stereocenters. The van der Waals surface area contributed by atoms with Crippen molar-refractivity contribution in [1.82, 2.24) is 20.2 Å². The van der Waals surface area contributed by atoms with E-state index in [-0.39, 0.29) is 10.7 Å². The summed E-state index contributed by atoms with van der Waals surface area (Å²) in [6.45, 7) is 1.93. The fraction of sp³-hybridized carbons (Fsp3) is 0.0714. The van der Waals surface area contributed by atoms with Crippen molar-refractivity contribution in [1.29, 1.82) is 0 Å². The summed E-state index contributed by atoms with van der Waals surface area (Å²) in [5.74, 6) is -0.226. The molecule has 0 saturated carbocycles. The third-order valence-corrected chi connectivity index (χ3v) is 3.37. The third kappa shape index (κ3) is 2.34. The van der Waals surface area contributed by atoms with Crippen molar-refractivity contribution in [2.24, 2.45) is 0 Å². The van der Waals surface area contributed by atoms with Gasteiger partial charge in [0.1, 0.15) is 5.69 Å². The maximum atomic E-state index is 14.2. The lowest BCUT2D eigenvalue weighted by atomic mass is 10.1. The summed E-state index contributed by atoms with van der Waals surface area (Å²) in [5, 5.41) is 11.4. The molecule has 0 saturated heterocycles. The average molecular weight is 304 g/mol. The van der Waals surface area contributed by atoms with Crippen LogP contribution in [-0.2, 0) is 0 Å². The van der Waals surface area contributed by atoms with Crippen molar-refractivity contribution in [3.8, 4) is 17.1 Å². The van der Waals surface area contributed by atoms with Gasteiger partial charge in [-0.3, -0.25) is 0 Å². The lowest BCUT2D eigenvalue weighted by molar-refractivity contribution is 0.608. The molecule has 5 nitrogen and oxygen atoms in total. The number of tetrazole rings is 1. The maximum Gasteiger partial charge on any atom is 0.189 e. The summed E-state index contributed by atoms with van der Waals surface area (Å²) in [6, 6.07) is 10.1. The van der Waals surface area contributed by atoms with Gasteiger partial charge in [0.25, 0.3) is 0 Å². The fourth-order valence-corrected chi connectivity index (χ4v) is 2.21. The Morgan fingerprint density at radius 2 is 2.05 bits per heavy atom. The summed E-state index contributed by atoms with van der Waals surface area (Å²) < 4.78 is 15.4. The van der Waals surface area contributed by atoms with E-state index in [4.69, 9.17) is 17.3 Å². The van der Waals surface area contributed by atoms with Crippen molar-refractivity contribution in [2.75, 3.05) is 5.73 Å². The van der Waals surface area contributed by atoms with Gasteiger partial charge < -0.3 is 5.73 Å². The Balaban J connectivity index is 2.22. The molecular weight excluding hydrogens is 293 g/mol. The maximum absolute atomic E-state index is 14.2. The molecule has 0 atom stereocenters. The molecular formula is C14H11ClFN5. The van der Waals surface area contributed by atoms with Crippen LogP contribution in [0.2, 0.25) is 5.02 Å². The van der Waals surface area contributed by atoms with Gasteiger partial charge in [-0.1, -0.05) is 29.3 Å². The highest BCUT2D eigenvalue weighted by Gasteiger charge is 2.17. The zero-order valence-electron chi connectivity index (χ0n) is 11.1. The number of hydrogen-bond acceptors (Lipinski definition) is 4. The zero-order valence-corrected chi connectivity index (χ0v) is 11.8. The van der Waals surface area contributed by atoms with Crippen LogP contribution >= 0.6 is 11.6 Å². The van der Waals surface area contributed by atoms with Crippen molar-refractivity contribution in [3.63, 3.8) is 0 Å². The second-order valence-corrected chi connectivity index (χ2v) is 4.99. The van der Waals surface area contributed by atoms with E-state index in [1.165, 1.54) is 10.7 Å². The minimum Gasteiger partial charge on any atom is -0.398 e. The van der Waals surface area contributed by atoms with Gasteiger partial charge in [0, 0.05) is 11.3 Å². The molecule has 7 heteroatoms. The lowest BCUT2D eigenvalue weighted by Gasteiger charge is -2.09. The van der Waals surface area contributed by atoms with Gasteiger partial charge in [0.2, 0.25) is 0 Å². The topological polar surface area (TPSA) is 69.6 Å². The first-order chi connectivity index (χ1) is 10.1. The molecule has 0 bridgehead atoms. The van der Waals surface area contributed by atoms with Gasteiger partial charge in [0.05, 0.1) is 5.02 Å². The number of halogens is 2. The molecule has 1 aromatic heterocycles. The number of hydrogen-bond donors (Lipinski definition) is 1. The summed E-state index contributed by atoms with van der Waals surface area (Å²) in [5.41, 5.74) is 8.29. The van der Waals surface area contributed by atoms with E-state index in [0.29, 0.717) is 17.1 Å². The van der Waals surface area contributed by atoms with E-state index in [9.17, 15) is 4.39 Å². The van der Waals surface area contributed by atoms with Crippen LogP contribution in [0.4, 0.5) is 10.1 Å². The van der Waals surface area contributed by atoms with Crippen LogP contribution in [0.3, 0.4) is 0 Å². The third-order valence-electron chi connectivity index (χ3n) is 3.08. The van der Waals surface area contributed by atoms with E-state index in [1.807, 2.05) is 19.1 Å². The van der Waals surface area contributed by atoms with Gasteiger partial charge in [-0.15, -0.1) is 5.10 Å². The Kier molecular flexibility index (Phi) is 3.31. The van der Waals surface area contributed by atoms with Gasteiger partial charge in [0.15, 0.2) is 11.6 Å². The van der Waals surface area contributed by atoms with E-state index in [0.717, 1.165) is 5.56 Å². The van der Waals surface area contributed by atoms with Crippen molar-refractivity contribution < 1.29 is 4.39 Å². The molecule has 0 aliphatic heterocycles. The van der Waals surface area contributed by atoms with Crippen molar-refractivity contribution >= 4 is 17.3 Å². The molecule has 0 aliphatic carbocycles. The summed E-state index contributed by atoms with van der Waals surface area (Å²) in [6.07, 6.45) is 0. The van der Waals surface area contributed by atoms with Crippen LogP contribution in [0.25, 0.3) is 17.1 Å². The second-order valence-electron chi connectivity index (χ2n) is 4.58. The Labute approximate surface area is 125 Å². The number of rotatable bonds is 2. The molecule has 21 heavy (non-hydrogen) atoms. The van der Waals surface area contributed by atoms with Crippen molar-refractivity contribution in [3.05, 3.63) is 52.8 Å².